The van der Waals surface area contributed by atoms with E-state index in [2.05, 4.69) is 28.5 Å². The van der Waals surface area contributed by atoms with Crippen molar-refractivity contribution in [1.82, 2.24) is 4.37 Å². The van der Waals surface area contributed by atoms with Crippen LogP contribution in [0.2, 0.25) is 0 Å². The van der Waals surface area contributed by atoms with Crippen LogP contribution in [0.15, 0.2) is 23.2 Å². The largest absolute Gasteiger partial charge is 0.200 e. The molecule has 1 rings (SSSR count). The first-order chi connectivity index (χ1) is 6.33. The second-order valence-corrected chi connectivity index (χ2v) is 3.86. The molecule has 0 aliphatic heterocycles. The summed E-state index contributed by atoms with van der Waals surface area (Å²) < 4.78 is 4.02. The lowest BCUT2D eigenvalue weighted by Crippen LogP contribution is -1.83. The Morgan fingerprint density at radius 2 is 2.23 bits per heavy atom. The maximum Gasteiger partial charge on any atom is 0.0525 e. The van der Waals surface area contributed by atoms with Gasteiger partial charge in [0.25, 0.3) is 0 Å². The van der Waals surface area contributed by atoms with Crippen molar-refractivity contribution in [3.05, 3.63) is 23.2 Å². The Morgan fingerprint density at radius 1 is 1.54 bits per heavy atom. The molecule has 3 heteroatoms. The third-order valence-electron chi connectivity index (χ3n) is 1.29. The van der Waals surface area contributed by atoms with E-state index in [1.807, 2.05) is 27.0 Å². The lowest BCUT2D eigenvalue weighted by molar-refractivity contribution is 1.50. The molecular weight excluding hydrogens is 197 g/mol. The van der Waals surface area contributed by atoms with Crippen LogP contribution < -0.4 is 5.30 Å². The fraction of sp³-hybridized carbons (Fsp3) is 0.400. The van der Waals surface area contributed by atoms with Gasteiger partial charge in [0, 0.05) is 10.7 Å². The molecule has 0 atom stereocenters. The molecule has 0 aliphatic rings. The first-order valence-electron chi connectivity index (χ1n) is 4.39. The van der Waals surface area contributed by atoms with E-state index in [0.29, 0.717) is 0 Å². The first kappa shape index (κ1) is 12.5. The van der Waals surface area contributed by atoms with E-state index in [0.717, 1.165) is 0 Å². The van der Waals surface area contributed by atoms with Gasteiger partial charge in [0.1, 0.15) is 0 Å². The molecule has 1 aromatic heterocycles. The highest BCUT2D eigenvalue weighted by Crippen LogP contribution is 2.01. The Bertz CT molecular complexity index is 262. The van der Waals surface area contributed by atoms with Crippen LogP contribution in [-0.4, -0.2) is 10.2 Å². The summed E-state index contributed by atoms with van der Waals surface area (Å²) in [4.78, 5) is 0. The second-order valence-electron chi connectivity index (χ2n) is 2.17. The second kappa shape index (κ2) is 8.15. The van der Waals surface area contributed by atoms with Crippen molar-refractivity contribution < 1.29 is 0 Å². The molecule has 0 aromatic carbocycles. The summed E-state index contributed by atoms with van der Waals surface area (Å²) >= 11 is 1.50. The monoisotopic (exact) mass is 213 g/mol. The third kappa shape index (κ3) is 5.73. The standard InChI is InChI=1S/C8H10NPS.C2H6/c1-3-7(2)5-10-8-4-9-11-6-8;1-2/h3-6H,1-2H3;1-2H3/b7-3-;. The molecule has 0 unspecified atom stereocenters. The Kier molecular flexibility index (Phi) is 7.86. The van der Waals surface area contributed by atoms with Gasteiger partial charge in [-0.1, -0.05) is 33.7 Å². The molecule has 1 heterocycles. The molecule has 0 spiro atoms. The van der Waals surface area contributed by atoms with E-state index in [9.17, 15) is 0 Å². The van der Waals surface area contributed by atoms with Crippen LogP contribution in [0.4, 0.5) is 0 Å². The van der Waals surface area contributed by atoms with Gasteiger partial charge >= 0.3 is 0 Å². The SMILES string of the molecule is C/C=C(/C)C=Pc1cnsc1.CC. The summed E-state index contributed by atoms with van der Waals surface area (Å²) in [5.74, 6) is 2.18. The fourth-order valence-corrected chi connectivity index (χ4v) is 2.01. The van der Waals surface area contributed by atoms with Crippen molar-refractivity contribution in [2.24, 2.45) is 0 Å². The Balaban J connectivity index is 0.000000671. The van der Waals surface area contributed by atoms with Crippen molar-refractivity contribution in [2.75, 3.05) is 0 Å². The van der Waals surface area contributed by atoms with Crippen molar-refractivity contribution in [3.63, 3.8) is 0 Å². The molecule has 0 saturated carbocycles. The summed E-state index contributed by atoms with van der Waals surface area (Å²) in [6, 6.07) is 0. The quantitative estimate of drug-likeness (QED) is 0.685. The predicted octanol–water partition coefficient (Wildman–Crippen LogP) is 3.51. The zero-order chi connectivity index (χ0) is 10.1. The number of aromatic nitrogens is 1. The highest BCUT2D eigenvalue weighted by Gasteiger charge is 1.86. The van der Waals surface area contributed by atoms with Crippen LogP contribution in [0.25, 0.3) is 0 Å². The van der Waals surface area contributed by atoms with Gasteiger partial charge in [-0.3, -0.25) is 0 Å². The zero-order valence-electron chi connectivity index (χ0n) is 8.61. The summed E-state index contributed by atoms with van der Waals surface area (Å²) in [5, 5.41) is 3.34. The molecule has 0 fully saturated rings. The van der Waals surface area contributed by atoms with Gasteiger partial charge in [-0.15, -0.1) is 0 Å². The van der Waals surface area contributed by atoms with Crippen LogP contribution in [0.5, 0.6) is 0 Å². The van der Waals surface area contributed by atoms with Gasteiger partial charge in [-0.05, 0) is 31.2 Å². The van der Waals surface area contributed by atoms with Gasteiger partial charge in [-0.25, -0.2) is 4.37 Å². The normalized spacial score (nSPS) is 11.2. The predicted molar refractivity (Wildman–Crippen MR) is 65.5 cm³/mol. The number of allylic oxidation sites excluding steroid dienone is 2. The first-order valence-corrected chi connectivity index (χ1v) is 6.19. The van der Waals surface area contributed by atoms with Gasteiger partial charge in [-0.2, -0.15) is 0 Å². The van der Waals surface area contributed by atoms with Crippen molar-refractivity contribution in [3.8, 4) is 0 Å². The molecule has 0 N–H and O–H groups in total. The molecule has 1 nitrogen and oxygen atoms in total. The highest BCUT2D eigenvalue weighted by atomic mass is 32.1. The average Bonchev–Trinajstić information content (AvgIpc) is 2.70. The smallest absolute Gasteiger partial charge is 0.0525 e. The Morgan fingerprint density at radius 3 is 2.69 bits per heavy atom. The highest BCUT2D eigenvalue weighted by molar-refractivity contribution is 7.48. The molecule has 0 saturated heterocycles. The van der Waals surface area contributed by atoms with Crippen LogP contribution in [0.1, 0.15) is 27.7 Å². The number of nitrogens with zero attached hydrogens (tertiary/aromatic N) is 1. The molecule has 0 bridgehead atoms. The number of hydrogen-bond acceptors (Lipinski definition) is 2. The maximum absolute atomic E-state index is 4.02. The third-order valence-corrected chi connectivity index (χ3v) is 3.13. The van der Waals surface area contributed by atoms with E-state index in [4.69, 9.17) is 0 Å². The molecule has 1 aromatic rings. The van der Waals surface area contributed by atoms with Crippen LogP contribution in [0.3, 0.4) is 0 Å². The summed E-state index contributed by atoms with van der Waals surface area (Å²) in [6.07, 6.45) is 4.01. The minimum Gasteiger partial charge on any atom is -0.200 e. The van der Waals surface area contributed by atoms with Crippen LogP contribution in [0, 0.1) is 0 Å². The Labute approximate surface area is 86.5 Å². The van der Waals surface area contributed by atoms with Gasteiger partial charge in [0.05, 0.1) is 6.20 Å². The average molecular weight is 213 g/mol. The van der Waals surface area contributed by atoms with E-state index >= 15 is 0 Å². The van der Waals surface area contributed by atoms with E-state index in [-0.39, 0.29) is 0 Å². The number of rotatable bonds is 2. The number of hydrogen-bond donors (Lipinski definition) is 0. The van der Waals surface area contributed by atoms with Crippen molar-refractivity contribution in [1.29, 1.82) is 0 Å². The zero-order valence-corrected chi connectivity index (χ0v) is 10.3. The molecule has 13 heavy (non-hydrogen) atoms. The minimum atomic E-state index is 1.24. The van der Waals surface area contributed by atoms with E-state index in [1.165, 1.54) is 30.6 Å². The van der Waals surface area contributed by atoms with Crippen LogP contribution in [-0.2, 0) is 0 Å². The molecule has 0 radical (unpaired) electrons. The van der Waals surface area contributed by atoms with Crippen molar-refractivity contribution >= 4 is 30.8 Å². The molecule has 0 aliphatic carbocycles. The lowest BCUT2D eigenvalue weighted by Gasteiger charge is -1.84. The van der Waals surface area contributed by atoms with Gasteiger partial charge in [0.2, 0.25) is 0 Å². The van der Waals surface area contributed by atoms with Crippen LogP contribution >= 0.6 is 19.7 Å². The van der Waals surface area contributed by atoms with Gasteiger partial charge < -0.3 is 0 Å². The molecule has 0 amide bonds. The van der Waals surface area contributed by atoms with E-state index in [1.54, 1.807) is 0 Å². The topological polar surface area (TPSA) is 12.9 Å². The van der Waals surface area contributed by atoms with E-state index < -0.39 is 0 Å². The molecule has 72 valence electrons. The van der Waals surface area contributed by atoms with Crippen molar-refractivity contribution in [2.45, 2.75) is 27.7 Å². The van der Waals surface area contributed by atoms with Gasteiger partial charge in [0.15, 0.2) is 0 Å². The summed E-state index contributed by atoms with van der Waals surface area (Å²) in [7, 11) is 1.24. The summed E-state index contributed by atoms with van der Waals surface area (Å²) in [5.41, 5.74) is 1.32. The fourth-order valence-electron chi connectivity index (χ4n) is 0.514. The maximum atomic E-state index is 4.02. The lowest BCUT2D eigenvalue weighted by atomic mass is 10.3. The molecular formula is C10H16NPS. The minimum absolute atomic E-state index is 1.24. The summed E-state index contributed by atoms with van der Waals surface area (Å²) in [6.45, 7) is 8.15. The Hall–Kier alpha value is -0.460.